The maximum atomic E-state index is 11.0. The Bertz CT molecular complexity index is 648. The van der Waals surface area contributed by atoms with Gasteiger partial charge in [-0.2, -0.15) is 0 Å². The number of aromatic carboxylic acids is 1. The molecule has 3 N–H and O–H groups in total. The predicted molar refractivity (Wildman–Crippen MR) is 73.6 cm³/mol. The van der Waals surface area contributed by atoms with Crippen LogP contribution in [-0.2, 0) is 0 Å². The minimum atomic E-state index is -1.07. The summed E-state index contributed by atoms with van der Waals surface area (Å²) in [5, 5.41) is 8.98. The van der Waals surface area contributed by atoms with Gasteiger partial charge in [-0.15, -0.1) is 0 Å². The van der Waals surface area contributed by atoms with Crippen LogP contribution in [0.4, 0.5) is 5.82 Å². The first-order valence-corrected chi connectivity index (χ1v) is 6.53. The van der Waals surface area contributed by atoms with Gasteiger partial charge in [-0.25, -0.2) is 4.79 Å². The molecular weight excluding hydrogens is 324 g/mol. The Morgan fingerprint density at radius 1 is 1.47 bits per heavy atom. The highest BCUT2D eigenvalue weighted by Crippen LogP contribution is 2.29. The van der Waals surface area contributed by atoms with Gasteiger partial charge in [0.25, 0.3) is 0 Å². The Morgan fingerprint density at radius 3 is 2.65 bits per heavy atom. The molecule has 0 fully saturated rings. The van der Waals surface area contributed by atoms with E-state index in [1.165, 1.54) is 0 Å². The lowest BCUT2D eigenvalue weighted by molar-refractivity contribution is 0.0703. The van der Waals surface area contributed by atoms with Gasteiger partial charge in [-0.05, 0) is 40.3 Å². The molecule has 1 heterocycles. The fourth-order valence-electron chi connectivity index (χ4n) is 1.40. The van der Waals surface area contributed by atoms with Crippen LogP contribution in [-0.4, -0.2) is 15.6 Å². The average Bonchev–Trinajstić information content (AvgIpc) is 2.56. The number of anilines is 1. The Kier molecular flexibility index (Phi) is 3.32. The third-order valence-corrected chi connectivity index (χ3v) is 4.18. The van der Waals surface area contributed by atoms with Crippen molar-refractivity contribution in [2.45, 2.75) is 0 Å². The number of thiazole rings is 1. The second kappa shape index (κ2) is 4.59. The Labute approximate surface area is 114 Å². The van der Waals surface area contributed by atoms with E-state index < -0.39 is 5.97 Å². The lowest BCUT2D eigenvalue weighted by Crippen LogP contribution is -2.05. The number of halogens is 1. The van der Waals surface area contributed by atoms with Crippen molar-refractivity contribution in [1.82, 2.24) is 4.57 Å². The molecule has 17 heavy (non-hydrogen) atoms. The number of nitrogens with two attached hydrogens (primary N) is 1. The molecule has 0 bridgehead atoms. The van der Waals surface area contributed by atoms with Crippen LogP contribution in [0.3, 0.4) is 0 Å². The smallest absolute Gasteiger partial charge is 0.349 e. The zero-order chi connectivity index (χ0) is 12.6. The minimum absolute atomic E-state index is 0.0609. The van der Waals surface area contributed by atoms with E-state index in [0.29, 0.717) is 3.95 Å². The van der Waals surface area contributed by atoms with Gasteiger partial charge in [0.1, 0.15) is 5.82 Å². The molecule has 2 aromatic rings. The number of benzene rings is 1. The summed E-state index contributed by atoms with van der Waals surface area (Å²) in [6, 6.07) is 7.35. The van der Waals surface area contributed by atoms with E-state index >= 15 is 0 Å². The lowest BCUT2D eigenvalue weighted by Gasteiger charge is -2.07. The Balaban J connectivity index is 2.73. The van der Waals surface area contributed by atoms with Crippen molar-refractivity contribution < 1.29 is 9.90 Å². The number of nitrogen functional groups attached to an aromatic ring is 1. The molecule has 4 nitrogen and oxygen atoms in total. The Hall–Kier alpha value is -1.18. The summed E-state index contributed by atoms with van der Waals surface area (Å²) in [5.41, 5.74) is 6.55. The molecule has 2 rings (SSSR count). The number of rotatable bonds is 2. The SMILES string of the molecule is Nc1c(C(=O)O)sc(=S)n1-c1ccccc1Br. The van der Waals surface area contributed by atoms with Crippen molar-refractivity contribution in [3.05, 3.63) is 37.6 Å². The fourth-order valence-corrected chi connectivity index (χ4v) is 3.05. The van der Waals surface area contributed by atoms with Crippen molar-refractivity contribution in [2.75, 3.05) is 5.73 Å². The quantitative estimate of drug-likeness (QED) is 0.829. The largest absolute Gasteiger partial charge is 0.477 e. The van der Waals surface area contributed by atoms with Crippen LogP contribution in [0.15, 0.2) is 28.7 Å². The van der Waals surface area contributed by atoms with E-state index in [9.17, 15) is 4.79 Å². The lowest BCUT2D eigenvalue weighted by atomic mass is 10.3. The number of carbonyl (C=O) groups is 1. The summed E-state index contributed by atoms with van der Waals surface area (Å²) in [6.45, 7) is 0. The molecule has 0 saturated heterocycles. The van der Waals surface area contributed by atoms with Gasteiger partial charge in [0, 0.05) is 4.47 Å². The van der Waals surface area contributed by atoms with Crippen LogP contribution in [0.25, 0.3) is 5.69 Å². The summed E-state index contributed by atoms with van der Waals surface area (Å²) < 4.78 is 2.76. The molecule has 88 valence electrons. The number of para-hydroxylation sites is 1. The number of hydrogen-bond acceptors (Lipinski definition) is 4. The molecule has 1 aromatic heterocycles. The topological polar surface area (TPSA) is 68.2 Å². The number of aromatic nitrogens is 1. The number of carboxylic acids is 1. The normalized spacial score (nSPS) is 10.4. The summed E-state index contributed by atoms with van der Waals surface area (Å²) in [5.74, 6) is -0.913. The molecule has 0 aliphatic heterocycles. The second-order valence-electron chi connectivity index (χ2n) is 3.17. The molecular formula is C10H7BrN2O2S2. The highest BCUT2D eigenvalue weighted by Gasteiger charge is 2.17. The van der Waals surface area contributed by atoms with Gasteiger partial charge in [-0.1, -0.05) is 23.5 Å². The number of carboxylic acid groups (broad SMARTS) is 1. The molecule has 0 saturated carbocycles. The van der Waals surface area contributed by atoms with Crippen LogP contribution in [0.5, 0.6) is 0 Å². The van der Waals surface area contributed by atoms with Crippen LogP contribution >= 0.6 is 39.5 Å². The second-order valence-corrected chi connectivity index (χ2v) is 5.67. The highest BCUT2D eigenvalue weighted by molar-refractivity contribution is 9.10. The van der Waals surface area contributed by atoms with Crippen LogP contribution < -0.4 is 5.73 Å². The summed E-state index contributed by atoms with van der Waals surface area (Å²) >= 11 is 9.51. The molecule has 0 aliphatic carbocycles. The minimum Gasteiger partial charge on any atom is -0.477 e. The average molecular weight is 331 g/mol. The first-order chi connectivity index (χ1) is 8.02. The summed E-state index contributed by atoms with van der Waals surface area (Å²) in [7, 11) is 0. The highest BCUT2D eigenvalue weighted by atomic mass is 79.9. The van der Waals surface area contributed by atoms with E-state index in [4.69, 9.17) is 23.1 Å². The molecule has 7 heteroatoms. The van der Waals surface area contributed by atoms with Crippen molar-refractivity contribution >= 4 is 51.3 Å². The fraction of sp³-hybridized carbons (Fsp3) is 0. The standard InChI is InChI=1S/C10H7BrN2O2S2/c11-5-3-1-2-4-6(5)13-8(12)7(9(14)15)17-10(13)16/h1-4H,12H2,(H,14,15). The molecule has 0 amide bonds. The van der Waals surface area contributed by atoms with Gasteiger partial charge in [0.05, 0.1) is 5.69 Å². The van der Waals surface area contributed by atoms with Crippen molar-refractivity contribution in [2.24, 2.45) is 0 Å². The van der Waals surface area contributed by atoms with Gasteiger partial charge >= 0.3 is 5.97 Å². The van der Waals surface area contributed by atoms with Crippen LogP contribution in [0, 0.1) is 3.95 Å². The summed E-state index contributed by atoms with van der Waals surface area (Å²) in [4.78, 5) is 11.0. The maximum absolute atomic E-state index is 11.0. The zero-order valence-corrected chi connectivity index (χ0v) is 11.6. The van der Waals surface area contributed by atoms with E-state index in [-0.39, 0.29) is 10.7 Å². The number of nitrogens with zero attached hydrogens (tertiary/aromatic N) is 1. The maximum Gasteiger partial charge on any atom is 0.349 e. The van der Waals surface area contributed by atoms with Gasteiger partial charge < -0.3 is 10.8 Å². The first-order valence-electron chi connectivity index (χ1n) is 4.52. The van der Waals surface area contributed by atoms with Crippen LogP contribution in [0.2, 0.25) is 0 Å². The predicted octanol–water partition coefficient (Wildman–Crippen LogP) is 3.31. The van der Waals surface area contributed by atoms with Crippen molar-refractivity contribution in [3.63, 3.8) is 0 Å². The third kappa shape index (κ3) is 2.13. The van der Waals surface area contributed by atoms with Crippen molar-refractivity contribution in [3.8, 4) is 5.69 Å². The van der Waals surface area contributed by atoms with E-state index in [0.717, 1.165) is 21.5 Å². The third-order valence-electron chi connectivity index (χ3n) is 2.13. The zero-order valence-electron chi connectivity index (χ0n) is 8.38. The molecule has 0 atom stereocenters. The molecule has 0 aliphatic rings. The number of hydrogen-bond donors (Lipinski definition) is 2. The molecule has 0 spiro atoms. The molecule has 0 unspecified atom stereocenters. The van der Waals surface area contributed by atoms with E-state index in [2.05, 4.69) is 15.9 Å². The van der Waals surface area contributed by atoms with Gasteiger partial charge in [-0.3, -0.25) is 4.57 Å². The van der Waals surface area contributed by atoms with Crippen LogP contribution in [0.1, 0.15) is 9.67 Å². The van der Waals surface area contributed by atoms with Gasteiger partial charge in [0.15, 0.2) is 8.83 Å². The van der Waals surface area contributed by atoms with Gasteiger partial charge in [0.2, 0.25) is 0 Å². The van der Waals surface area contributed by atoms with E-state index in [1.54, 1.807) is 4.57 Å². The van der Waals surface area contributed by atoms with Crippen molar-refractivity contribution in [1.29, 1.82) is 0 Å². The molecule has 1 aromatic carbocycles. The Morgan fingerprint density at radius 2 is 2.12 bits per heavy atom. The molecule has 0 radical (unpaired) electrons. The monoisotopic (exact) mass is 330 g/mol. The summed E-state index contributed by atoms with van der Waals surface area (Å²) in [6.07, 6.45) is 0. The van der Waals surface area contributed by atoms with E-state index in [1.807, 2.05) is 24.3 Å². The first kappa shape index (κ1) is 12.3.